The van der Waals surface area contributed by atoms with Crippen LogP contribution in [-0.2, 0) is 9.53 Å². The maximum absolute atomic E-state index is 14.4. The maximum atomic E-state index is 14.4. The van der Waals surface area contributed by atoms with Crippen molar-refractivity contribution in [2.75, 3.05) is 29.9 Å². The summed E-state index contributed by atoms with van der Waals surface area (Å²) >= 11 is 0. The molecule has 2 aliphatic rings. The average molecular weight is 362 g/mol. The van der Waals surface area contributed by atoms with E-state index in [1.165, 1.54) is 0 Å². The van der Waals surface area contributed by atoms with Crippen LogP contribution >= 0.6 is 0 Å². The topological polar surface area (TPSA) is 41.6 Å². The third-order valence-corrected chi connectivity index (χ3v) is 5.58. The molecule has 1 aromatic rings. The van der Waals surface area contributed by atoms with Crippen molar-refractivity contribution in [2.24, 2.45) is 5.92 Å². The Morgan fingerprint density at radius 1 is 1.23 bits per heavy atom. The van der Waals surface area contributed by atoms with Crippen LogP contribution < -0.4 is 10.2 Å². The highest BCUT2D eigenvalue weighted by Gasteiger charge is 2.27. The predicted octanol–water partition coefficient (Wildman–Crippen LogP) is 4.74. The van der Waals surface area contributed by atoms with Gasteiger partial charge in [-0.25, -0.2) is 4.39 Å². The van der Waals surface area contributed by atoms with Crippen LogP contribution in [0.4, 0.5) is 15.8 Å². The molecule has 0 atom stereocenters. The van der Waals surface area contributed by atoms with Crippen molar-refractivity contribution < 1.29 is 13.9 Å². The van der Waals surface area contributed by atoms with Gasteiger partial charge in [-0.1, -0.05) is 13.3 Å². The Morgan fingerprint density at radius 3 is 2.62 bits per heavy atom. The molecule has 1 N–H and O–H groups in total. The van der Waals surface area contributed by atoms with Gasteiger partial charge in [0.15, 0.2) is 0 Å². The van der Waals surface area contributed by atoms with Gasteiger partial charge in [-0.2, -0.15) is 0 Å². The number of hydrogen-bond acceptors (Lipinski definition) is 3. The summed E-state index contributed by atoms with van der Waals surface area (Å²) < 4.78 is 20.3. The number of hydrogen-bond donors (Lipinski definition) is 1. The van der Waals surface area contributed by atoms with E-state index in [9.17, 15) is 9.18 Å². The smallest absolute Gasteiger partial charge is 0.227 e. The lowest BCUT2D eigenvalue weighted by Gasteiger charge is -2.28. The molecule has 2 fully saturated rings. The number of amides is 1. The van der Waals surface area contributed by atoms with Crippen LogP contribution in [0, 0.1) is 11.7 Å². The van der Waals surface area contributed by atoms with Gasteiger partial charge >= 0.3 is 0 Å². The minimum Gasteiger partial charge on any atom is -0.378 e. The molecule has 1 saturated carbocycles. The summed E-state index contributed by atoms with van der Waals surface area (Å²) in [5.74, 6) is -0.456. The third-order valence-electron chi connectivity index (χ3n) is 5.58. The highest BCUT2D eigenvalue weighted by molar-refractivity contribution is 5.92. The molecule has 0 bridgehead atoms. The molecule has 5 heteroatoms. The van der Waals surface area contributed by atoms with Crippen molar-refractivity contribution in [3.8, 4) is 0 Å². The number of anilines is 2. The second-order valence-corrected chi connectivity index (χ2v) is 7.55. The van der Waals surface area contributed by atoms with Gasteiger partial charge < -0.3 is 15.0 Å². The molecule has 4 nitrogen and oxygen atoms in total. The van der Waals surface area contributed by atoms with Crippen LogP contribution in [0.1, 0.15) is 58.3 Å². The zero-order valence-electron chi connectivity index (χ0n) is 15.8. The second-order valence-electron chi connectivity index (χ2n) is 7.55. The minimum absolute atomic E-state index is 0.0429. The van der Waals surface area contributed by atoms with Crippen LogP contribution in [0.5, 0.6) is 0 Å². The normalized spacial score (nSPS) is 23.2. The molecule has 1 saturated heterocycles. The Kier molecular flexibility index (Phi) is 6.89. The highest BCUT2D eigenvalue weighted by atomic mass is 19.1. The fourth-order valence-electron chi connectivity index (χ4n) is 3.90. The molecule has 0 radical (unpaired) electrons. The lowest BCUT2D eigenvalue weighted by molar-refractivity contribution is -0.121. The van der Waals surface area contributed by atoms with Gasteiger partial charge in [0.05, 0.1) is 11.8 Å². The number of rotatable bonds is 7. The van der Waals surface area contributed by atoms with Crippen LogP contribution in [0.15, 0.2) is 18.2 Å². The first-order valence-corrected chi connectivity index (χ1v) is 10.1. The standard InChI is InChI=1S/C21H31FN2O2/c1-2-3-14-26-18-9-6-16(7-10-18)21(25)23-20-11-8-17(15-19(20)22)24-12-4-5-13-24/h8,11,15-16,18H,2-7,9-10,12-14H2,1H3,(H,23,25). The molecule has 1 heterocycles. The Morgan fingerprint density at radius 2 is 1.96 bits per heavy atom. The Bertz CT molecular complexity index is 594. The fourth-order valence-corrected chi connectivity index (χ4v) is 3.90. The van der Waals surface area contributed by atoms with Crippen molar-refractivity contribution >= 4 is 17.3 Å². The Balaban J connectivity index is 1.49. The number of nitrogens with zero attached hydrogens (tertiary/aromatic N) is 1. The zero-order chi connectivity index (χ0) is 18.4. The molecule has 1 amide bonds. The van der Waals surface area contributed by atoms with E-state index >= 15 is 0 Å². The molecular formula is C21H31FN2O2. The number of halogens is 1. The molecule has 0 aromatic heterocycles. The first-order chi connectivity index (χ1) is 12.7. The van der Waals surface area contributed by atoms with Gasteiger partial charge in [-0.15, -0.1) is 0 Å². The lowest BCUT2D eigenvalue weighted by Crippen LogP contribution is -2.30. The monoisotopic (exact) mass is 362 g/mol. The van der Waals surface area contributed by atoms with Crippen molar-refractivity contribution in [2.45, 2.75) is 64.4 Å². The highest BCUT2D eigenvalue weighted by Crippen LogP contribution is 2.29. The van der Waals surface area contributed by atoms with Gasteiger partial charge in [0.2, 0.25) is 5.91 Å². The van der Waals surface area contributed by atoms with Crippen molar-refractivity contribution in [3.05, 3.63) is 24.0 Å². The zero-order valence-corrected chi connectivity index (χ0v) is 15.8. The van der Waals surface area contributed by atoms with Crippen LogP contribution in [-0.4, -0.2) is 31.7 Å². The summed E-state index contributed by atoms with van der Waals surface area (Å²) in [6, 6.07) is 5.14. The van der Waals surface area contributed by atoms with Gasteiger partial charge in [0.25, 0.3) is 0 Å². The quantitative estimate of drug-likeness (QED) is 0.712. The SMILES string of the molecule is CCCCOC1CCC(C(=O)Nc2ccc(N3CCCC3)cc2F)CC1. The third kappa shape index (κ3) is 4.97. The van der Waals surface area contributed by atoms with Crippen LogP contribution in [0.2, 0.25) is 0 Å². The minimum atomic E-state index is -0.348. The Hall–Kier alpha value is -1.62. The van der Waals surface area contributed by atoms with Gasteiger partial charge in [0.1, 0.15) is 5.82 Å². The summed E-state index contributed by atoms with van der Waals surface area (Å²) in [6.45, 7) is 4.93. The molecule has 3 rings (SSSR count). The number of nitrogens with one attached hydrogen (secondary N) is 1. The number of ether oxygens (including phenoxy) is 1. The number of benzene rings is 1. The van der Waals surface area contributed by atoms with Gasteiger partial charge in [0, 0.05) is 31.3 Å². The van der Waals surface area contributed by atoms with E-state index in [1.54, 1.807) is 12.1 Å². The van der Waals surface area contributed by atoms with Gasteiger partial charge in [-0.05, 0) is 63.1 Å². The fraction of sp³-hybridized carbons (Fsp3) is 0.667. The second kappa shape index (κ2) is 9.36. The van der Waals surface area contributed by atoms with Crippen molar-refractivity contribution in [1.82, 2.24) is 0 Å². The number of unbranched alkanes of at least 4 members (excludes halogenated alkanes) is 1. The van der Waals surface area contributed by atoms with E-state index in [0.29, 0.717) is 5.69 Å². The first kappa shape index (κ1) is 19.2. The molecule has 0 spiro atoms. The van der Waals surface area contributed by atoms with E-state index in [2.05, 4.69) is 17.1 Å². The predicted molar refractivity (Wildman–Crippen MR) is 103 cm³/mol. The molecular weight excluding hydrogens is 331 g/mol. The molecule has 144 valence electrons. The summed E-state index contributed by atoms with van der Waals surface area (Å²) in [4.78, 5) is 14.7. The lowest BCUT2D eigenvalue weighted by atomic mass is 9.86. The summed E-state index contributed by atoms with van der Waals surface area (Å²) in [5, 5.41) is 2.79. The molecule has 1 aromatic carbocycles. The van der Waals surface area contributed by atoms with E-state index in [-0.39, 0.29) is 23.7 Å². The Labute approximate surface area is 156 Å². The summed E-state index contributed by atoms with van der Waals surface area (Å²) in [6.07, 6.45) is 8.29. The summed E-state index contributed by atoms with van der Waals surface area (Å²) in [5.41, 5.74) is 1.20. The van der Waals surface area contributed by atoms with E-state index in [1.807, 2.05) is 6.07 Å². The van der Waals surface area contributed by atoms with Crippen LogP contribution in [0.3, 0.4) is 0 Å². The van der Waals surface area contributed by atoms with Gasteiger partial charge in [-0.3, -0.25) is 4.79 Å². The molecule has 1 aliphatic heterocycles. The van der Waals surface area contributed by atoms with E-state index < -0.39 is 0 Å². The number of carbonyl (C=O) groups excluding carboxylic acids is 1. The van der Waals surface area contributed by atoms with E-state index in [0.717, 1.165) is 76.8 Å². The summed E-state index contributed by atoms with van der Waals surface area (Å²) in [7, 11) is 0. The van der Waals surface area contributed by atoms with Crippen LogP contribution in [0.25, 0.3) is 0 Å². The maximum Gasteiger partial charge on any atom is 0.227 e. The molecule has 1 aliphatic carbocycles. The largest absolute Gasteiger partial charge is 0.378 e. The average Bonchev–Trinajstić information content (AvgIpc) is 3.19. The first-order valence-electron chi connectivity index (χ1n) is 10.1. The molecule has 26 heavy (non-hydrogen) atoms. The number of carbonyl (C=O) groups is 1. The van der Waals surface area contributed by atoms with E-state index in [4.69, 9.17) is 4.74 Å². The van der Waals surface area contributed by atoms with Crippen molar-refractivity contribution in [3.63, 3.8) is 0 Å². The van der Waals surface area contributed by atoms with Crippen molar-refractivity contribution in [1.29, 1.82) is 0 Å². The molecule has 0 unspecified atom stereocenters.